The Hall–Kier alpha value is -1.20. The van der Waals surface area contributed by atoms with E-state index >= 15 is 0 Å². The molecule has 0 unspecified atom stereocenters. The van der Waals surface area contributed by atoms with Crippen LogP contribution in [-0.2, 0) is 6.42 Å². The first kappa shape index (κ1) is 13.8. The summed E-state index contributed by atoms with van der Waals surface area (Å²) in [4.78, 5) is 4.22. The first-order valence-electron chi connectivity index (χ1n) is 6.86. The minimum Gasteiger partial charge on any atom is -0.441 e. The van der Waals surface area contributed by atoms with Crippen LogP contribution in [0, 0.1) is 5.82 Å². The van der Waals surface area contributed by atoms with Gasteiger partial charge in [-0.3, -0.25) is 0 Å². The van der Waals surface area contributed by atoms with E-state index in [9.17, 15) is 4.39 Å². The minimum absolute atomic E-state index is 0.314. The molecule has 2 aromatic rings. The van der Waals surface area contributed by atoms with Gasteiger partial charge in [-0.1, -0.05) is 6.07 Å². The zero-order valence-corrected chi connectivity index (χ0v) is 12.6. The Bertz CT molecular complexity index is 595. The van der Waals surface area contributed by atoms with Gasteiger partial charge in [-0.15, -0.1) is 0 Å². The van der Waals surface area contributed by atoms with E-state index in [0.717, 1.165) is 25.4 Å². The maximum absolute atomic E-state index is 14.0. The van der Waals surface area contributed by atoms with Crippen LogP contribution in [0.5, 0.6) is 0 Å². The monoisotopic (exact) mass is 338 g/mol. The highest BCUT2D eigenvalue weighted by Crippen LogP contribution is 2.28. The molecule has 106 valence electrons. The number of rotatable bonds is 6. The summed E-state index contributed by atoms with van der Waals surface area (Å²) in [5.74, 6) is 0.830. The number of hydrogen-bond donors (Lipinski definition) is 1. The normalized spacial score (nSPS) is 14.7. The standard InChI is InChI=1S/C15H16BrFN2O/c16-12-4-1-3-11(15(12)17)13-9-19-14(20-13)5-2-8-18-10-6-7-10/h1,3-4,9-10,18H,2,5-8H2. The molecule has 3 rings (SSSR count). The Morgan fingerprint density at radius 2 is 2.25 bits per heavy atom. The molecule has 0 amide bonds. The Kier molecular flexibility index (Phi) is 4.17. The molecule has 1 saturated carbocycles. The number of oxazole rings is 1. The topological polar surface area (TPSA) is 38.1 Å². The number of halogens is 2. The van der Waals surface area contributed by atoms with Crippen molar-refractivity contribution in [2.75, 3.05) is 6.54 Å². The van der Waals surface area contributed by atoms with Crippen LogP contribution < -0.4 is 5.32 Å². The average Bonchev–Trinajstić information content (AvgIpc) is 3.15. The van der Waals surface area contributed by atoms with Gasteiger partial charge in [0, 0.05) is 12.5 Å². The van der Waals surface area contributed by atoms with Crippen molar-refractivity contribution >= 4 is 15.9 Å². The number of nitrogens with zero attached hydrogens (tertiary/aromatic N) is 1. The lowest BCUT2D eigenvalue weighted by molar-refractivity contribution is 0.488. The second-order valence-electron chi connectivity index (χ2n) is 5.05. The van der Waals surface area contributed by atoms with Gasteiger partial charge in [-0.25, -0.2) is 9.37 Å². The van der Waals surface area contributed by atoms with Crippen molar-refractivity contribution in [3.05, 3.63) is 40.6 Å². The molecule has 0 aliphatic heterocycles. The van der Waals surface area contributed by atoms with E-state index in [4.69, 9.17) is 4.42 Å². The third-order valence-corrected chi connectivity index (χ3v) is 3.96. The molecule has 1 aromatic heterocycles. The molecule has 1 aliphatic carbocycles. The van der Waals surface area contributed by atoms with E-state index in [1.54, 1.807) is 24.4 Å². The van der Waals surface area contributed by atoms with Gasteiger partial charge in [-0.05, 0) is 53.9 Å². The summed E-state index contributed by atoms with van der Waals surface area (Å²) >= 11 is 3.18. The molecule has 0 radical (unpaired) electrons. The van der Waals surface area contributed by atoms with Crippen LogP contribution in [0.25, 0.3) is 11.3 Å². The lowest BCUT2D eigenvalue weighted by Gasteiger charge is -2.01. The summed E-state index contributed by atoms with van der Waals surface area (Å²) < 4.78 is 20.0. The second-order valence-corrected chi connectivity index (χ2v) is 5.91. The summed E-state index contributed by atoms with van der Waals surface area (Å²) in [5.41, 5.74) is 0.439. The smallest absolute Gasteiger partial charge is 0.194 e. The fraction of sp³-hybridized carbons (Fsp3) is 0.400. The van der Waals surface area contributed by atoms with Gasteiger partial charge < -0.3 is 9.73 Å². The maximum Gasteiger partial charge on any atom is 0.194 e. The van der Waals surface area contributed by atoms with E-state index in [1.807, 2.05) is 0 Å². The van der Waals surface area contributed by atoms with Gasteiger partial charge >= 0.3 is 0 Å². The van der Waals surface area contributed by atoms with Gasteiger partial charge in [0.15, 0.2) is 11.7 Å². The fourth-order valence-electron chi connectivity index (χ4n) is 2.08. The third kappa shape index (κ3) is 3.27. The van der Waals surface area contributed by atoms with E-state index < -0.39 is 0 Å². The molecule has 0 atom stereocenters. The van der Waals surface area contributed by atoms with E-state index in [2.05, 4.69) is 26.2 Å². The summed E-state index contributed by atoms with van der Waals surface area (Å²) in [6, 6.07) is 5.87. The van der Waals surface area contributed by atoms with Crippen molar-refractivity contribution < 1.29 is 8.81 Å². The fourth-order valence-corrected chi connectivity index (χ4v) is 2.44. The lowest BCUT2D eigenvalue weighted by atomic mass is 10.2. The number of hydrogen-bond acceptors (Lipinski definition) is 3. The molecule has 1 aromatic carbocycles. The van der Waals surface area contributed by atoms with Gasteiger partial charge in [0.25, 0.3) is 0 Å². The van der Waals surface area contributed by atoms with Crippen LogP contribution in [-0.4, -0.2) is 17.6 Å². The molecule has 1 aliphatic rings. The molecule has 5 heteroatoms. The highest BCUT2D eigenvalue weighted by molar-refractivity contribution is 9.10. The highest BCUT2D eigenvalue weighted by Gasteiger charge is 2.19. The molecule has 1 fully saturated rings. The van der Waals surface area contributed by atoms with Crippen LogP contribution in [0.15, 0.2) is 33.3 Å². The summed E-state index contributed by atoms with van der Waals surface area (Å²) in [5, 5.41) is 3.45. The molecular weight excluding hydrogens is 323 g/mol. The number of benzene rings is 1. The Morgan fingerprint density at radius 3 is 3.05 bits per heavy atom. The third-order valence-electron chi connectivity index (χ3n) is 3.35. The summed E-state index contributed by atoms with van der Waals surface area (Å²) in [7, 11) is 0. The zero-order valence-electron chi connectivity index (χ0n) is 11.0. The van der Waals surface area contributed by atoms with Gasteiger partial charge in [-0.2, -0.15) is 0 Å². The predicted molar refractivity (Wildman–Crippen MR) is 78.9 cm³/mol. The molecule has 3 nitrogen and oxygen atoms in total. The second kappa shape index (κ2) is 6.06. The largest absolute Gasteiger partial charge is 0.441 e. The van der Waals surface area contributed by atoms with Crippen LogP contribution in [0.2, 0.25) is 0 Å². The van der Waals surface area contributed by atoms with Crippen molar-refractivity contribution in [2.24, 2.45) is 0 Å². The first-order valence-corrected chi connectivity index (χ1v) is 7.66. The zero-order chi connectivity index (χ0) is 13.9. The summed E-state index contributed by atoms with van der Waals surface area (Å²) in [6.07, 6.45) is 5.94. The van der Waals surface area contributed by atoms with Crippen molar-refractivity contribution in [1.29, 1.82) is 0 Å². The lowest BCUT2D eigenvalue weighted by Crippen LogP contribution is -2.17. The molecule has 0 saturated heterocycles. The quantitative estimate of drug-likeness (QED) is 0.811. The highest BCUT2D eigenvalue weighted by atomic mass is 79.9. The van der Waals surface area contributed by atoms with Gasteiger partial charge in [0.1, 0.15) is 5.82 Å². The van der Waals surface area contributed by atoms with Gasteiger partial charge in [0.2, 0.25) is 0 Å². The molecule has 0 spiro atoms. The SMILES string of the molecule is Fc1c(Br)cccc1-c1cnc(CCCNC2CC2)o1. The molecule has 0 bridgehead atoms. The van der Waals surface area contributed by atoms with E-state index in [0.29, 0.717) is 21.7 Å². The number of aryl methyl sites for hydroxylation is 1. The van der Waals surface area contributed by atoms with Gasteiger partial charge in [0.05, 0.1) is 16.2 Å². The summed E-state index contributed by atoms with van der Waals surface area (Å²) in [6.45, 7) is 0.980. The average molecular weight is 339 g/mol. The van der Waals surface area contributed by atoms with Crippen LogP contribution in [0.1, 0.15) is 25.2 Å². The predicted octanol–water partition coefficient (Wildman–Crippen LogP) is 3.93. The van der Waals surface area contributed by atoms with Crippen LogP contribution >= 0.6 is 15.9 Å². The first-order chi connectivity index (χ1) is 9.74. The molecule has 1 N–H and O–H groups in total. The number of nitrogens with one attached hydrogen (secondary N) is 1. The van der Waals surface area contributed by atoms with Crippen molar-refractivity contribution in [3.8, 4) is 11.3 Å². The molecule has 1 heterocycles. The van der Waals surface area contributed by atoms with Crippen LogP contribution in [0.3, 0.4) is 0 Å². The van der Waals surface area contributed by atoms with Crippen molar-refractivity contribution in [1.82, 2.24) is 10.3 Å². The number of aromatic nitrogens is 1. The Labute approximate surface area is 125 Å². The molecule has 20 heavy (non-hydrogen) atoms. The van der Waals surface area contributed by atoms with E-state index in [-0.39, 0.29) is 5.82 Å². The molecular formula is C15H16BrFN2O. The Balaban J connectivity index is 1.62. The van der Waals surface area contributed by atoms with Crippen molar-refractivity contribution in [3.63, 3.8) is 0 Å². The maximum atomic E-state index is 14.0. The van der Waals surface area contributed by atoms with E-state index in [1.165, 1.54) is 12.8 Å². The van der Waals surface area contributed by atoms with Crippen molar-refractivity contribution in [2.45, 2.75) is 31.7 Å². The Morgan fingerprint density at radius 1 is 1.40 bits per heavy atom. The van der Waals surface area contributed by atoms with Crippen LogP contribution in [0.4, 0.5) is 4.39 Å². The minimum atomic E-state index is -0.314.